The average molecular weight is 284 g/mol. The molecule has 1 atom stereocenters. The minimum Gasteiger partial charge on any atom is -0.369 e. The van der Waals surface area contributed by atoms with Gasteiger partial charge in [0.25, 0.3) is 0 Å². The zero-order valence-electron chi connectivity index (χ0n) is 12.9. The molecule has 0 aliphatic carbocycles. The number of imidazole rings is 1. The fourth-order valence-corrected chi connectivity index (χ4v) is 3.19. The van der Waals surface area contributed by atoms with Gasteiger partial charge in [-0.1, -0.05) is 25.1 Å². The van der Waals surface area contributed by atoms with Gasteiger partial charge in [0.2, 0.25) is 0 Å². The van der Waals surface area contributed by atoms with E-state index in [0.717, 1.165) is 32.0 Å². The highest BCUT2D eigenvalue weighted by molar-refractivity contribution is 5.56. The summed E-state index contributed by atoms with van der Waals surface area (Å²) in [7, 11) is 0. The lowest BCUT2D eigenvalue weighted by Crippen LogP contribution is -2.37. The third-order valence-corrected chi connectivity index (χ3v) is 4.33. The van der Waals surface area contributed by atoms with Crippen molar-refractivity contribution in [2.45, 2.75) is 32.9 Å². The molecule has 1 unspecified atom stereocenters. The summed E-state index contributed by atoms with van der Waals surface area (Å²) in [5, 5.41) is 3.60. The predicted molar refractivity (Wildman–Crippen MR) is 86.7 cm³/mol. The number of hydrogen-bond donors (Lipinski definition) is 1. The average Bonchev–Trinajstić information content (AvgIpc) is 2.92. The molecular weight excluding hydrogens is 260 g/mol. The molecule has 1 N–H and O–H groups in total. The first-order chi connectivity index (χ1) is 10.3. The SMILES string of the molecule is CCNC1CCN(CCn2ccnc2C)c2ccccc21. The molecule has 0 saturated carbocycles. The zero-order valence-corrected chi connectivity index (χ0v) is 12.9. The van der Waals surface area contributed by atoms with E-state index in [1.165, 1.54) is 17.7 Å². The van der Waals surface area contributed by atoms with Crippen molar-refractivity contribution in [1.82, 2.24) is 14.9 Å². The molecule has 0 spiro atoms. The van der Waals surface area contributed by atoms with E-state index in [4.69, 9.17) is 0 Å². The number of aromatic nitrogens is 2. The highest BCUT2D eigenvalue weighted by atomic mass is 15.2. The van der Waals surface area contributed by atoms with Crippen molar-refractivity contribution in [3.8, 4) is 0 Å². The quantitative estimate of drug-likeness (QED) is 0.916. The van der Waals surface area contributed by atoms with Crippen molar-refractivity contribution < 1.29 is 0 Å². The van der Waals surface area contributed by atoms with Crippen LogP contribution in [0.4, 0.5) is 5.69 Å². The number of rotatable bonds is 5. The monoisotopic (exact) mass is 284 g/mol. The van der Waals surface area contributed by atoms with Crippen molar-refractivity contribution in [2.24, 2.45) is 0 Å². The van der Waals surface area contributed by atoms with Crippen LogP contribution in [0.2, 0.25) is 0 Å². The number of nitrogens with zero attached hydrogens (tertiary/aromatic N) is 3. The molecule has 1 aromatic heterocycles. The van der Waals surface area contributed by atoms with Crippen molar-refractivity contribution >= 4 is 5.69 Å². The minimum absolute atomic E-state index is 0.498. The maximum atomic E-state index is 4.30. The van der Waals surface area contributed by atoms with E-state index in [1.54, 1.807) is 0 Å². The third-order valence-electron chi connectivity index (χ3n) is 4.33. The lowest BCUT2D eigenvalue weighted by molar-refractivity contribution is 0.483. The molecule has 1 aliphatic heterocycles. The van der Waals surface area contributed by atoms with Crippen LogP contribution in [-0.4, -0.2) is 29.2 Å². The van der Waals surface area contributed by atoms with Gasteiger partial charge in [-0.3, -0.25) is 0 Å². The Balaban J connectivity index is 1.75. The van der Waals surface area contributed by atoms with Crippen LogP contribution in [0.1, 0.15) is 30.8 Å². The number of aryl methyl sites for hydroxylation is 1. The Morgan fingerprint density at radius 1 is 1.29 bits per heavy atom. The molecule has 2 aromatic rings. The molecule has 0 saturated heterocycles. The molecule has 2 heterocycles. The van der Waals surface area contributed by atoms with Gasteiger partial charge in [-0.15, -0.1) is 0 Å². The third kappa shape index (κ3) is 2.95. The summed E-state index contributed by atoms with van der Waals surface area (Å²) in [6, 6.07) is 9.30. The molecular formula is C17H24N4. The molecule has 1 aromatic carbocycles. The van der Waals surface area contributed by atoms with Crippen LogP contribution in [0.15, 0.2) is 36.7 Å². The van der Waals surface area contributed by atoms with Crippen LogP contribution < -0.4 is 10.2 Å². The number of para-hydroxylation sites is 1. The van der Waals surface area contributed by atoms with E-state index >= 15 is 0 Å². The normalized spacial score (nSPS) is 17.8. The molecule has 0 bridgehead atoms. The summed E-state index contributed by atoms with van der Waals surface area (Å²) < 4.78 is 2.22. The van der Waals surface area contributed by atoms with E-state index in [9.17, 15) is 0 Å². The Labute approximate surface area is 126 Å². The van der Waals surface area contributed by atoms with Crippen LogP contribution >= 0.6 is 0 Å². The Morgan fingerprint density at radius 2 is 2.14 bits per heavy atom. The molecule has 1 aliphatic rings. The van der Waals surface area contributed by atoms with Gasteiger partial charge in [-0.2, -0.15) is 0 Å². The maximum absolute atomic E-state index is 4.30. The van der Waals surface area contributed by atoms with Crippen molar-refractivity contribution in [1.29, 1.82) is 0 Å². The molecule has 112 valence electrons. The van der Waals surface area contributed by atoms with E-state index in [0.29, 0.717) is 6.04 Å². The second-order valence-electron chi connectivity index (χ2n) is 5.61. The molecule has 3 rings (SSSR count). The van der Waals surface area contributed by atoms with Gasteiger partial charge in [0.05, 0.1) is 0 Å². The highest BCUT2D eigenvalue weighted by Gasteiger charge is 2.23. The van der Waals surface area contributed by atoms with E-state index < -0.39 is 0 Å². The predicted octanol–water partition coefficient (Wildman–Crippen LogP) is 2.75. The van der Waals surface area contributed by atoms with Crippen LogP contribution in [-0.2, 0) is 6.54 Å². The van der Waals surface area contributed by atoms with Gasteiger partial charge in [0.1, 0.15) is 5.82 Å². The van der Waals surface area contributed by atoms with Gasteiger partial charge in [-0.25, -0.2) is 4.98 Å². The van der Waals surface area contributed by atoms with Gasteiger partial charge in [-0.05, 0) is 31.5 Å². The first kappa shape index (κ1) is 14.1. The number of anilines is 1. The summed E-state index contributed by atoms with van der Waals surface area (Å²) in [6.45, 7) is 8.40. The number of fused-ring (bicyclic) bond motifs is 1. The first-order valence-electron chi connectivity index (χ1n) is 7.84. The summed E-state index contributed by atoms with van der Waals surface area (Å²) in [5.74, 6) is 1.09. The van der Waals surface area contributed by atoms with Crippen molar-refractivity contribution in [2.75, 3.05) is 24.5 Å². The second kappa shape index (κ2) is 6.31. The fraction of sp³-hybridized carbons (Fsp3) is 0.471. The Morgan fingerprint density at radius 3 is 2.90 bits per heavy atom. The standard InChI is InChI=1S/C17H24N4/c1-3-18-16-8-10-21(17-7-5-4-6-15(16)17)13-12-20-11-9-19-14(20)2/h4-7,9,11,16,18H,3,8,10,12-13H2,1-2H3. The largest absolute Gasteiger partial charge is 0.369 e. The smallest absolute Gasteiger partial charge is 0.105 e. The van der Waals surface area contributed by atoms with Crippen LogP contribution in [0.3, 0.4) is 0 Å². The van der Waals surface area contributed by atoms with E-state index in [2.05, 4.69) is 64.1 Å². The Hall–Kier alpha value is -1.81. The Bertz CT molecular complexity index is 590. The second-order valence-corrected chi connectivity index (χ2v) is 5.61. The summed E-state index contributed by atoms with van der Waals surface area (Å²) in [6.07, 6.45) is 5.11. The first-order valence-corrected chi connectivity index (χ1v) is 7.84. The molecule has 0 amide bonds. The minimum atomic E-state index is 0.498. The number of nitrogens with one attached hydrogen (secondary N) is 1. The summed E-state index contributed by atoms with van der Waals surface area (Å²) in [5.41, 5.74) is 2.82. The van der Waals surface area contributed by atoms with Gasteiger partial charge >= 0.3 is 0 Å². The highest BCUT2D eigenvalue weighted by Crippen LogP contribution is 2.33. The molecule has 0 fully saturated rings. The van der Waals surface area contributed by atoms with Crippen LogP contribution in [0.5, 0.6) is 0 Å². The van der Waals surface area contributed by atoms with Gasteiger partial charge in [0.15, 0.2) is 0 Å². The molecule has 21 heavy (non-hydrogen) atoms. The van der Waals surface area contributed by atoms with E-state index in [1.807, 2.05) is 6.20 Å². The molecule has 0 radical (unpaired) electrons. The maximum Gasteiger partial charge on any atom is 0.105 e. The number of hydrogen-bond acceptors (Lipinski definition) is 3. The summed E-state index contributed by atoms with van der Waals surface area (Å²) >= 11 is 0. The fourth-order valence-electron chi connectivity index (χ4n) is 3.19. The Kier molecular flexibility index (Phi) is 4.25. The molecule has 4 heteroatoms. The van der Waals surface area contributed by atoms with E-state index in [-0.39, 0.29) is 0 Å². The van der Waals surface area contributed by atoms with Crippen molar-refractivity contribution in [3.63, 3.8) is 0 Å². The topological polar surface area (TPSA) is 33.1 Å². The van der Waals surface area contributed by atoms with Crippen LogP contribution in [0, 0.1) is 6.92 Å². The summed E-state index contributed by atoms with van der Waals surface area (Å²) in [4.78, 5) is 6.80. The lowest BCUT2D eigenvalue weighted by atomic mass is 9.96. The van der Waals surface area contributed by atoms with Gasteiger partial charge < -0.3 is 14.8 Å². The zero-order chi connectivity index (χ0) is 14.7. The molecule has 4 nitrogen and oxygen atoms in total. The van der Waals surface area contributed by atoms with Gasteiger partial charge in [0, 0.05) is 43.8 Å². The van der Waals surface area contributed by atoms with Crippen LogP contribution in [0.25, 0.3) is 0 Å². The lowest BCUT2D eigenvalue weighted by Gasteiger charge is -2.36. The number of benzene rings is 1. The van der Waals surface area contributed by atoms with Crippen molar-refractivity contribution in [3.05, 3.63) is 48.0 Å².